The lowest BCUT2D eigenvalue weighted by molar-refractivity contribution is 0.500. The van der Waals surface area contributed by atoms with Crippen LogP contribution in [0.5, 0.6) is 0 Å². The molecule has 0 aliphatic heterocycles. The average Bonchev–Trinajstić information content (AvgIpc) is 2.08. The van der Waals surface area contributed by atoms with Gasteiger partial charge in [0.05, 0.1) is 0 Å². The fraction of sp³-hybridized carbons (Fsp3) is 0.300. The van der Waals surface area contributed by atoms with E-state index in [1.165, 1.54) is 6.07 Å². The SMILES string of the molecule is CC[C](C)c1cccc(F)c1F. The van der Waals surface area contributed by atoms with Gasteiger partial charge in [-0.05, 0) is 18.1 Å². The van der Waals surface area contributed by atoms with Crippen LogP contribution in [0, 0.1) is 17.6 Å². The summed E-state index contributed by atoms with van der Waals surface area (Å²) in [5, 5.41) is 0. The molecule has 1 radical (unpaired) electrons. The number of hydrogen-bond acceptors (Lipinski definition) is 0. The molecule has 0 nitrogen and oxygen atoms in total. The summed E-state index contributed by atoms with van der Waals surface area (Å²) in [6, 6.07) is 4.24. The summed E-state index contributed by atoms with van der Waals surface area (Å²) in [6.45, 7) is 3.72. The van der Waals surface area contributed by atoms with E-state index in [9.17, 15) is 8.78 Å². The maximum Gasteiger partial charge on any atom is 0.162 e. The fourth-order valence-corrected chi connectivity index (χ4v) is 1.02. The van der Waals surface area contributed by atoms with Crippen LogP contribution in [-0.2, 0) is 0 Å². The molecule has 0 heterocycles. The van der Waals surface area contributed by atoms with Gasteiger partial charge in [-0.3, -0.25) is 0 Å². The number of rotatable bonds is 2. The van der Waals surface area contributed by atoms with Crippen molar-refractivity contribution in [2.75, 3.05) is 0 Å². The molecule has 1 rings (SSSR count). The van der Waals surface area contributed by atoms with E-state index in [4.69, 9.17) is 0 Å². The first-order chi connectivity index (χ1) is 5.66. The maximum atomic E-state index is 13.0. The van der Waals surface area contributed by atoms with Crippen molar-refractivity contribution in [1.82, 2.24) is 0 Å². The summed E-state index contributed by atoms with van der Waals surface area (Å²) < 4.78 is 25.7. The highest BCUT2D eigenvalue weighted by Crippen LogP contribution is 2.21. The Morgan fingerprint density at radius 3 is 2.58 bits per heavy atom. The minimum absolute atomic E-state index is 0.387. The molecule has 12 heavy (non-hydrogen) atoms. The van der Waals surface area contributed by atoms with Crippen LogP contribution < -0.4 is 0 Å². The average molecular weight is 169 g/mol. The quantitative estimate of drug-likeness (QED) is 0.637. The minimum atomic E-state index is -0.778. The zero-order chi connectivity index (χ0) is 9.14. The molecular formula is C10H11F2. The third-order valence-electron chi connectivity index (χ3n) is 1.94. The monoisotopic (exact) mass is 169 g/mol. The molecule has 0 aromatic heterocycles. The van der Waals surface area contributed by atoms with Gasteiger partial charge >= 0.3 is 0 Å². The van der Waals surface area contributed by atoms with Crippen LogP contribution in [0.4, 0.5) is 8.78 Å². The summed E-state index contributed by atoms with van der Waals surface area (Å²) in [6.07, 6.45) is 0.736. The van der Waals surface area contributed by atoms with Crippen molar-refractivity contribution >= 4 is 0 Å². The van der Waals surface area contributed by atoms with Crippen LogP contribution in [0.3, 0.4) is 0 Å². The van der Waals surface area contributed by atoms with E-state index in [2.05, 4.69) is 0 Å². The van der Waals surface area contributed by atoms with Gasteiger partial charge in [-0.15, -0.1) is 0 Å². The standard InChI is InChI=1S/C10H11F2/c1-3-7(2)8-5-4-6-9(11)10(8)12/h4-6H,3H2,1-2H3. The van der Waals surface area contributed by atoms with Crippen molar-refractivity contribution in [3.8, 4) is 0 Å². The second kappa shape index (κ2) is 3.65. The van der Waals surface area contributed by atoms with Gasteiger partial charge in [0.25, 0.3) is 0 Å². The maximum absolute atomic E-state index is 13.0. The van der Waals surface area contributed by atoms with Crippen LogP contribution in [0.25, 0.3) is 0 Å². The van der Waals surface area contributed by atoms with E-state index in [1.807, 2.05) is 6.92 Å². The topological polar surface area (TPSA) is 0 Å². The van der Waals surface area contributed by atoms with Crippen molar-refractivity contribution < 1.29 is 8.78 Å². The molecule has 1 aromatic rings. The molecular weight excluding hydrogens is 158 g/mol. The lowest BCUT2D eigenvalue weighted by atomic mass is 9.98. The van der Waals surface area contributed by atoms with Gasteiger partial charge in [-0.2, -0.15) is 0 Å². The van der Waals surface area contributed by atoms with Crippen molar-refractivity contribution in [2.45, 2.75) is 20.3 Å². The Morgan fingerprint density at radius 1 is 1.33 bits per heavy atom. The molecule has 0 saturated carbocycles. The van der Waals surface area contributed by atoms with Crippen molar-refractivity contribution in [2.24, 2.45) is 0 Å². The fourth-order valence-electron chi connectivity index (χ4n) is 1.02. The summed E-state index contributed by atoms with van der Waals surface area (Å²) in [4.78, 5) is 0. The number of halogens is 2. The van der Waals surface area contributed by atoms with Gasteiger partial charge < -0.3 is 0 Å². The van der Waals surface area contributed by atoms with Crippen molar-refractivity contribution in [3.63, 3.8) is 0 Å². The van der Waals surface area contributed by atoms with Crippen molar-refractivity contribution in [3.05, 3.63) is 41.3 Å². The normalized spacial score (nSPS) is 10.8. The molecule has 0 saturated heterocycles. The molecule has 0 amide bonds. The van der Waals surface area contributed by atoms with Gasteiger partial charge in [0.2, 0.25) is 0 Å². The van der Waals surface area contributed by atoms with E-state index in [-0.39, 0.29) is 0 Å². The Kier molecular flexibility index (Phi) is 2.79. The number of benzene rings is 1. The molecule has 1 aromatic carbocycles. The molecule has 2 heteroatoms. The van der Waals surface area contributed by atoms with Gasteiger partial charge in [0.15, 0.2) is 11.6 Å². The van der Waals surface area contributed by atoms with Crippen LogP contribution in [0.2, 0.25) is 0 Å². The molecule has 0 fully saturated rings. The zero-order valence-corrected chi connectivity index (χ0v) is 7.20. The van der Waals surface area contributed by atoms with Crippen molar-refractivity contribution in [1.29, 1.82) is 0 Å². The Labute approximate surface area is 71.2 Å². The summed E-state index contributed by atoms with van der Waals surface area (Å²) in [7, 11) is 0. The Morgan fingerprint density at radius 2 is 2.00 bits per heavy atom. The molecule has 0 N–H and O–H groups in total. The largest absolute Gasteiger partial charge is 0.204 e. The van der Waals surface area contributed by atoms with Crippen LogP contribution in [0.15, 0.2) is 18.2 Å². The number of hydrogen-bond donors (Lipinski definition) is 0. The Balaban J connectivity index is 3.07. The minimum Gasteiger partial charge on any atom is -0.204 e. The third kappa shape index (κ3) is 1.63. The Hall–Kier alpha value is -0.920. The first-order valence-corrected chi connectivity index (χ1v) is 3.93. The smallest absolute Gasteiger partial charge is 0.162 e. The predicted molar refractivity (Wildman–Crippen MR) is 44.7 cm³/mol. The molecule has 0 atom stereocenters. The van der Waals surface area contributed by atoms with E-state index in [0.29, 0.717) is 5.56 Å². The van der Waals surface area contributed by atoms with Gasteiger partial charge in [-0.25, -0.2) is 8.78 Å². The third-order valence-corrected chi connectivity index (χ3v) is 1.94. The molecule has 0 unspecified atom stereocenters. The second-order valence-electron chi connectivity index (χ2n) is 2.74. The molecule has 65 valence electrons. The highest BCUT2D eigenvalue weighted by Gasteiger charge is 2.12. The lowest BCUT2D eigenvalue weighted by Gasteiger charge is -2.08. The highest BCUT2D eigenvalue weighted by molar-refractivity contribution is 5.31. The van der Waals surface area contributed by atoms with Gasteiger partial charge in [0.1, 0.15) is 0 Å². The molecule has 0 aliphatic rings. The van der Waals surface area contributed by atoms with E-state index in [1.54, 1.807) is 13.0 Å². The molecule has 0 aliphatic carbocycles. The lowest BCUT2D eigenvalue weighted by Crippen LogP contribution is -1.98. The van der Waals surface area contributed by atoms with Gasteiger partial charge in [0, 0.05) is 5.92 Å². The van der Waals surface area contributed by atoms with Crippen LogP contribution in [-0.4, -0.2) is 0 Å². The first-order valence-electron chi connectivity index (χ1n) is 3.93. The van der Waals surface area contributed by atoms with E-state index >= 15 is 0 Å². The summed E-state index contributed by atoms with van der Waals surface area (Å²) in [5.74, 6) is -0.649. The highest BCUT2D eigenvalue weighted by atomic mass is 19.2. The molecule has 0 bridgehead atoms. The van der Waals surface area contributed by atoms with E-state index < -0.39 is 11.6 Å². The molecule has 0 spiro atoms. The predicted octanol–water partition coefficient (Wildman–Crippen LogP) is 3.32. The van der Waals surface area contributed by atoms with Crippen LogP contribution in [0.1, 0.15) is 25.8 Å². The second-order valence-corrected chi connectivity index (χ2v) is 2.74. The first kappa shape index (κ1) is 9.17. The van der Waals surface area contributed by atoms with E-state index in [0.717, 1.165) is 18.4 Å². The summed E-state index contributed by atoms with van der Waals surface area (Å²) >= 11 is 0. The summed E-state index contributed by atoms with van der Waals surface area (Å²) in [5.41, 5.74) is 0.387. The van der Waals surface area contributed by atoms with Gasteiger partial charge in [-0.1, -0.05) is 26.0 Å². The zero-order valence-electron chi connectivity index (χ0n) is 7.20. The van der Waals surface area contributed by atoms with Crippen LogP contribution >= 0.6 is 0 Å². The Bertz CT molecular complexity index is 269.